The molecule has 818 valence electrons. The highest BCUT2D eigenvalue weighted by atomic mass is 16.6. The molecule has 5 heterocycles. The van der Waals surface area contributed by atoms with Gasteiger partial charge in [-0.15, -0.1) is 0 Å². The maximum atomic E-state index is 10.7. The molecule has 10 fully saturated rings. The van der Waals surface area contributed by atoms with E-state index in [-0.39, 0.29) is 40.5 Å². The summed E-state index contributed by atoms with van der Waals surface area (Å²) in [5.74, 6) is 5.62. The van der Waals surface area contributed by atoms with E-state index in [2.05, 4.69) is 165 Å². The number of para-hydroxylation sites is 2. The highest BCUT2D eigenvalue weighted by Gasteiger charge is 2.48. The molecule has 5 aliphatic heterocycles. The summed E-state index contributed by atoms with van der Waals surface area (Å²) in [7, 11) is 0. The summed E-state index contributed by atoms with van der Waals surface area (Å²) in [5, 5.41) is 0. The first-order valence-electron chi connectivity index (χ1n) is 52.4. The van der Waals surface area contributed by atoms with Gasteiger partial charge in [-0.05, 0) is 186 Å². The van der Waals surface area contributed by atoms with Crippen molar-refractivity contribution in [2.45, 2.75) is 247 Å². The maximum absolute atomic E-state index is 10.7. The van der Waals surface area contributed by atoms with Gasteiger partial charge in [0, 0.05) is 60.2 Å². The van der Waals surface area contributed by atoms with Crippen LogP contribution in [-0.4, -0.2) is 187 Å². The van der Waals surface area contributed by atoms with Gasteiger partial charge >= 0.3 is 5.97 Å². The molecule has 4 aromatic rings. The molecule has 0 radical (unpaired) electrons. The fourth-order valence-electron chi connectivity index (χ4n) is 16.8. The largest absolute Gasteiger partial charge is 0.499 e. The molecule has 25 nitrogen and oxygen atoms in total. The van der Waals surface area contributed by atoms with Crippen molar-refractivity contribution in [1.29, 1.82) is 0 Å². The minimum absolute atomic E-state index is 0.0820. The molecule has 0 N–H and O–H groups in total. The van der Waals surface area contributed by atoms with E-state index in [0.29, 0.717) is 107 Å². The zero-order chi connectivity index (χ0) is 107. The number of carbonyl (C=O) groups is 1. The van der Waals surface area contributed by atoms with Crippen LogP contribution in [-0.2, 0) is 113 Å². The Kier molecular flexibility index (Phi) is 71.8. The van der Waals surface area contributed by atoms with Gasteiger partial charge in [-0.2, -0.15) is 0 Å². The number of carbonyl (C=O) groups excluding carboxylic acids is 1. The lowest BCUT2D eigenvalue weighted by atomic mass is 9.82. The molecule has 10 aliphatic rings. The minimum Gasteiger partial charge on any atom is -0.499 e. The predicted octanol–water partition coefficient (Wildman–Crippen LogP) is 27.2. The van der Waals surface area contributed by atoms with Crippen molar-refractivity contribution in [1.82, 2.24) is 0 Å². The van der Waals surface area contributed by atoms with Crippen molar-refractivity contribution in [3.63, 3.8) is 0 Å². The number of esters is 1. The lowest BCUT2D eigenvalue weighted by molar-refractivity contribution is -0.166. The lowest BCUT2D eigenvalue weighted by Gasteiger charge is -2.41. The van der Waals surface area contributed by atoms with E-state index in [1.807, 2.05) is 74.5 Å². The molecule has 4 atom stereocenters. The van der Waals surface area contributed by atoms with Gasteiger partial charge in [0.05, 0.1) is 218 Å². The van der Waals surface area contributed by atoms with Crippen LogP contribution in [0.15, 0.2) is 289 Å². The molecule has 0 aromatic heterocycles. The fraction of sp³-hybridized carbons (Fsp3) is 0.562. The molecule has 5 saturated carbocycles. The van der Waals surface area contributed by atoms with E-state index in [1.54, 1.807) is 36.8 Å². The van der Waals surface area contributed by atoms with E-state index >= 15 is 0 Å². The number of hydrogen-bond acceptors (Lipinski definition) is 25. The minimum atomic E-state index is -0.352. The van der Waals surface area contributed by atoms with Crippen LogP contribution < -0.4 is 18.9 Å². The van der Waals surface area contributed by atoms with Gasteiger partial charge in [-0.25, -0.2) is 4.79 Å². The Morgan fingerprint density at radius 3 is 0.822 bits per heavy atom. The summed E-state index contributed by atoms with van der Waals surface area (Å²) in [6, 6.07) is 34.8. The van der Waals surface area contributed by atoms with Gasteiger partial charge < -0.3 is 114 Å². The second kappa shape index (κ2) is 80.7. The molecule has 146 heavy (non-hydrogen) atoms. The Hall–Kier alpha value is -10.3. The second-order valence-electron chi connectivity index (χ2n) is 37.3. The summed E-state index contributed by atoms with van der Waals surface area (Å²) in [5.41, 5.74) is 3.67. The third-order valence-electron chi connectivity index (χ3n) is 26.4. The standard InChI is InChI=1S/C20H36O4.C20H30O4.C12H18O3.C11H16O2.C10H16O2.C10H10O2.C9H14O3.C8H14O3.2C8H8O.C3H8.C2H6/c2*1-3-19(13-23-14-19)11-21-9-17-5-7-18(8-6-17)10-22-12-20(4-2)15-24-16-20;1-4-13-10-7-11(14-5-2)9-12(8-10)15-6-3;1-3-12-10-6-9-5-8(10)7-11(9)13-4-2;2*1-3-11-9-5-7-10(8-6-9)12-4-2;1-3-8(10)12-7-9(4-2)5-11-6-9;1-3-9-5-7-11-8-6-10-4-2;2*1-2-9-8-6-4-3-5-7-8;1-3-2;1-2/h17-18H,3-16H2,1-2H3;5-8H,3-4,9-16H2,1-2H3;4-6,10-12H,1-3,7-9H2;3-4,8-11H,1-2,5-7H2;3-4,9-10H,1-2,5-8H2;3-8H,1-2H2;3H,1,4-7H2,2H3;3-4H,1-2,5-8H2;2*2-7H,1H2;3H2,1-2H3;1-2H3. The molecule has 0 spiro atoms. The van der Waals surface area contributed by atoms with Crippen molar-refractivity contribution < 1.29 is 118 Å². The summed E-state index contributed by atoms with van der Waals surface area (Å²) in [6.45, 7) is 85.5. The average molecular weight is 2040 g/mol. The summed E-state index contributed by atoms with van der Waals surface area (Å²) in [4.78, 5) is 10.7. The number of hydrogen-bond donors (Lipinski definition) is 0. The Bertz CT molecular complexity index is 3770. The highest BCUT2D eigenvalue weighted by molar-refractivity contribution is 5.81. The van der Waals surface area contributed by atoms with Crippen molar-refractivity contribution in [3.05, 3.63) is 300 Å². The Morgan fingerprint density at radius 2 is 0.575 bits per heavy atom. The molecule has 4 aromatic carbocycles. The Morgan fingerprint density at radius 1 is 0.301 bits per heavy atom. The first kappa shape index (κ1) is 130. The Labute approximate surface area is 878 Å². The molecular formula is C121H184O25. The quantitative estimate of drug-likeness (QED) is 0.0173. The van der Waals surface area contributed by atoms with Crippen LogP contribution in [0.4, 0.5) is 0 Å². The van der Waals surface area contributed by atoms with Gasteiger partial charge in [0.25, 0.3) is 0 Å². The monoisotopic (exact) mass is 2040 g/mol. The molecule has 4 unspecified atom stereocenters. The van der Waals surface area contributed by atoms with Crippen molar-refractivity contribution in [2.75, 3.05) is 139 Å². The van der Waals surface area contributed by atoms with Gasteiger partial charge in [0.1, 0.15) is 73.3 Å². The molecule has 5 saturated heterocycles. The third kappa shape index (κ3) is 53.5. The van der Waals surface area contributed by atoms with Crippen LogP contribution in [0.25, 0.3) is 0 Å². The second-order valence-corrected chi connectivity index (χ2v) is 37.3. The van der Waals surface area contributed by atoms with E-state index in [9.17, 15) is 4.79 Å². The van der Waals surface area contributed by atoms with Crippen LogP contribution in [0.1, 0.15) is 202 Å². The number of ether oxygens (including phenoxy) is 24. The highest BCUT2D eigenvalue weighted by Crippen LogP contribution is 2.48. The third-order valence-corrected chi connectivity index (χ3v) is 26.4. The first-order chi connectivity index (χ1) is 71.2. The van der Waals surface area contributed by atoms with Gasteiger partial charge in [0.2, 0.25) is 0 Å². The van der Waals surface area contributed by atoms with E-state index in [4.69, 9.17) is 114 Å². The van der Waals surface area contributed by atoms with Crippen LogP contribution in [0, 0.1) is 50.7 Å². The van der Waals surface area contributed by atoms with Gasteiger partial charge in [-0.1, -0.05) is 222 Å². The van der Waals surface area contributed by atoms with Gasteiger partial charge in [0.15, 0.2) is 0 Å². The van der Waals surface area contributed by atoms with E-state index < -0.39 is 0 Å². The Balaban J connectivity index is 0.000000422. The molecule has 14 rings (SSSR count). The SMILES string of the molecule is C=CC(=O)OCC1(CC)COC1.C=COC1CC(OC=C)CC(OC=C)C1.C=COC1CC2CC1CC2OC=C.C=COC1CCC(OC=C)CC1.C=COCCOCCOC=C.C=COc1ccc(OC=C)cc1.C=COc1ccccc1.C=COc1ccccc1.CC.CCC.CCC1(COCC2CCC(COCC3(CC)COC3)CC2)COC1.CCC1(COCc2ccc(COCC3(CC)COC3)cc2)COC1. The summed E-state index contributed by atoms with van der Waals surface area (Å²) in [6.07, 6.45) is 44.2. The zero-order valence-corrected chi connectivity index (χ0v) is 90.3. The predicted molar refractivity (Wildman–Crippen MR) is 583 cm³/mol. The van der Waals surface area contributed by atoms with Crippen LogP contribution in [0.3, 0.4) is 0 Å². The smallest absolute Gasteiger partial charge is 0.330 e. The number of benzene rings is 4. The average Bonchev–Trinajstić information content (AvgIpc) is 1.64. The fourth-order valence-corrected chi connectivity index (χ4v) is 16.8. The molecule has 0 amide bonds. The van der Waals surface area contributed by atoms with E-state index in [0.717, 1.165) is 204 Å². The van der Waals surface area contributed by atoms with Crippen LogP contribution in [0.5, 0.6) is 23.0 Å². The maximum Gasteiger partial charge on any atom is 0.330 e. The summed E-state index contributed by atoms with van der Waals surface area (Å²) >= 11 is 0. The zero-order valence-electron chi connectivity index (χ0n) is 90.3. The lowest BCUT2D eigenvalue weighted by Crippen LogP contribution is -2.46. The van der Waals surface area contributed by atoms with Crippen molar-refractivity contribution in [3.8, 4) is 23.0 Å². The molecular weight excluding hydrogens is 1850 g/mol. The topological polar surface area (TPSA) is 239 Å². The van der Waals surface area contributed by atoms with Crippen LogP contribution in [0.2, 0.25) is 0 Å². The number of rotatable bonds is 54. The molecule has 25 heteroatoms. The van der Waals surface area contributed by atoms with Crippen LogP contribution >= 0.6 is 0 Å². The van der Waals surface area contributed by atoms with E-state index in [1.165, 1.54) is 137 Å². The number of fused-ring (bicyclic) bond motifs is 2. The van der Waals surface area contributed by atoms with Crippen molar-refractivity contribution in [2.24, 2.45) is 50.7 Å². The molecule has 5 aliphatic carbocycles. The first-order valence-corrected chi connectivity index (χ1v) is 52.4. The molecule has 2 bridgehead atoms. The van der Waals surface area contributed by atoms with Crippen molar-refractivity contribution >= 4 is 5.97 Å². The summed E-state index contributed by atoms with van der Waals surface area (Å²) < 4.78 is 128. The van der Waals surface area contributed by atoms with Gasteiger partial charge in [-0.3, -0.25) is 0 Å². The normalized spacial score (nSPS) is 21.9.